The van der Waals surface area contributed by atoms with Crippen LogP contribution in [0.1, 0.15) is 20.8 Å². The quantitative estimate of drug-likeness (QED) is 0.345. The number of hydrogen-bond acceptors (Lipinski definition) is 4. The van der Waals surface area contributed by atoms with Crippen molar-refractivity contribution in [3.63, 3.8) is 0 Å². The van der Waals surface area contributed by atoms with E-state index in [9.17, 15) is 14.9 Å². The first-order valence-corrected chi connectivity index (χ1v) is 3.29. The van der Waals surface area contributed by atoms with Crippen molar-refractivity contribution in [2.24, 2.45) is 0 Å². The molecule has 0 heterocycles. The number of ether oxygens (including phenoxy) is 1. The number of rotatable bonds is 3. The van der Waals surface area contributed by atoms with Crippen LogP contribution in [0.25, 0.3) is 0 Å². The summed E-state index contributed by atoms with van der Waals surface area (Å²) in [4.78, 5) is 20.1. The van der Waals surface area contributed by atoms with E-state index in [0.717, 1.165) is 0 Å². The molecule has 5 nitrogen and oxygen atoms in total. The molecule has 0 saturated carbocycles. The molecule has 11 heavy (non-hydrogen) atoms. The number of carbonyl (C=O) groups excluding carboxylic acids is 1. The molecule has 0 amide bonds. The van der Waals surface area contributed by atoms with E-state index in [2.05, 4.69) is 4.74 Å². The van der Waals surface area contributed by atoms with Crippen LogP contribution < -0.4 is 0 Å². The van der Waals surface area contributed by atoms with Gasteiger partial charge < -0.3 is 4.74 Å². The molecular weight excluding hydrogens is 150 g/mol. The topological polar surface area (TPSA) is 69.4 Å². The summed E-state index contributed by atoms with van der Waals surface area (Å²) in [7, 11) is 0. The predicted molar refractivity (Wildman–Crippen MR) is 37.7 cm³/mol. The summed E-state index contributed by atoms with van der Waals surface area (Å²) in [6.07, 6.45) is -0.301. The lowest BCUT2D eigenvalue weighted by Crippen LogP contribution is -2.29. The third-order valence-electron chi connectivity index (χ3n) is 1.01. The Balaban J connectivity index is 3.93. The van der Waals surface area contributed by atoms with Gasteiger partial charge in [0.05, 0.1) is 6.10 Å². The summed E-state index contributed by atoms with van der Waals surface area (Å²) in [5.41, 5.74) is 0. The number of nitro groups is 1. The van der Waals surface area contributed by atoms with Gasteiger partial charge in [0.1, 0.15) is 0 Å². The summed E-state index contributed by atoms with van der Waals surface area (Å²) in [6.45, 7) is 4.49. The molecule has 1 unspecified atom stereocenters. The highest BCUT2D eigenvalue weighted by molar-refractivity contribution is 5.73. The Labute approximate surface area is 64.5 Å². The largest absolute Gasteiger partial charge is 0.458 e. The molecule has 0 aromatic rings. The smallest absolute Gasteiger partial charge is 0.381 e. The van der Waals surface area contributed by atoms with Crippen molar-refractivity contribution >= 4 is 5.97 Å². The maximum absolute atomic E-state index is 10.7. The van der Waals surface area contributed by atoms with Gasteiger partial charge in [-0.05, 0) is 13.8 Å². The average molecular weight is 161 g/mol. The number of carbonyl (C=O) groups is 1. The van der Waals surface area contributed by atoms with Gasteiger partial charge >= 0.3 is 12.0 Å². The second-order valence-electron chi connectivity index (χ2n) is 2.45. The van der Waals surface area contributed by atoms with Crippen molar-refractivity contribution in [2.45, 2.75) is 32.9 Å². The molecule has 1 atom stereocenters. The summed E-state index contributed by atoms with van der Waals surface area (Å²) in [5.74, 6) is -0.787. The number of hydrogen-bond donors (Lipinski definition) is 0. The van der Waals surface area contributed by atoms with E-state index in [1.165, 1.54) is 6.92 Å². The van der Waals surface area contributed by atoms with Crippen LogP contribution in [0.2, 0.25) is 0 Å². The molecule has 0 aromatic heterocycles. The lowest BCUT2D eigenvalue weighted by molar-refractivity contribution is -0.506. The van der Waals surface area contributed by atoms with Gasteiger partial charge in [-0.15, -0.1) is 0 Å². The third kappa shape index (κ3) is 3.54. The minimum atomic E-state index is -1.27. The van der Waals surface area contributed by atoms with Crippen molar-refractivity contribution < 1.29 is 14.5 Å². The van der Waals surface area contributed by atoms with Crippen LogP contribution in [0.3, 0.4) is 0 Å². The Hall–Kier alpha value is -1.13. The van der Waals surface area contributed by atoms with E-state index in [1.807, 2.05) is 0 Å². The molecule has 5 heteroatoms. The van der Waals surface area contributed by atoms with Gasteiger partial charge in [-0.3, -0.25) is 10.1 Å². The second kappa shape index (κ2) is 3.90. The van der Waals surface area contributed by atoms with E-state index < -0.39 is 16.9 Å². The van der Waals surface area contributed by atoms with Gasteiger partial charge in [-0.25, -0.2) is 4.79 Å². The lowest BCUT2D eigenvalue weighted by Gasteiger charge is -2.07. The van der Waals surface area contributed by atoms with E-state index in [0.29, 0.717) is 0 Å². The van der Waals surface area contributed by atoms with Crippen LogP contribution in [-0.4, -0.2) is 23.0 Å². The van der Waals surface area contributed by atoms with Crippen molar-refractivity contribution in [2.75, 3.05) is 0 Å². The molecule has 0 N–H and O–H groups in total. The Morgan fingerprint density at radius 3 is 2.18 bits per heavy atom. The van der Waals surface area contributed by atoms with Gasteiger partial charge in [0.2, 0.25) is 0 Å². The van der Waals surface area contributed by atoms with Gasteiger partial charge in [0, 0.05) is 11.8 Å². The molecule has 0 bridgehead atoms. The zero-order valence-electron chi connectivity index (χ0n) is 6.73. The Kier molecular flexibility index (Phi) is 3.50. The highest BCUT2D eigenvalue weighted by atomic mass is 16.6. The minimum Gasteiger partial charge on any atom is -0.458 e. The molecule has 0 fully saturated rings. The van der Waals surface area contributed by atoms with Gasteiger partial charge in [-0.1, -0.05) is 0 Å². The molecule has 0 spiro atoms. The Morgan fingerprint density at radius 2 is 1.91 bits per heavy atom. The first-order valence-electron chi connectivity index (χ1n) is 3.29. The van der Waals surface area contributed by atoms with Crippen LogP contribution in [0.4, 0.5) is 0 Å². The van der Waals surface area contributed by atoms with Crippen molar-refractivity contribution in [1.82, 2.24) is 0 Å². The standard InChI is InChI=1S/C6H11NO4/c1-4(2)11-6(8)5(3)7(9)10/h4-5H,1-3H3. The van der Waals surface area contributed by atoms with E-state index in [-0.39, 0.29) is 6.10 Å². The fourth-order valence-corrected chi connectivity index (χ4v) is 0.417. The summed E-state index contributed by atoms with van der Waals surface area (Å²) in [5, 5.41) is 10.0. The van der Waals surface area contributed by atoms with Gasteiger partial charge in [0.15, 0.2) is 0 Å². The summed E-state index contributed by atoms with van der Waals surface area (Å²) in [6, 6.07) is -1.27. The van der Waals surface area contributed by atoms with E-state index >= 15 is 0 Å². The monoisotopic (exact) mass is 161 g/mol. The van der Waals surface area contributed by atoms with Crippen LogP contribution in [0.5, 0.6) is 0 Å². The molecule has 0 aliphatic carbocycles. The van der Waals surface area contributed by atoms with Gasteiger partial charge in [0.25, 0.3) is 0 Å². The highest BCUT2D eigenvalue weighted by Crippen LogP contribution is 1.96. The van der Waals surface area contributed by atoms with Gasteiger partial charge in [-0.2, -0.15) is 0 Å². The molecule has 64 valence electrons. The molecular formula is C6H11NO4. The highest BCUT2D eigenvalue weighted by Gasteiger charge is 2.25. The van der Waals surface area contributed by atoms with Crippen molar-refractivity contribution in [3.05, 3.63) is 10.1 Å². The van der Waals surface area contributed by atoms with Crippen LogP contribution in [-0.2, 0) is 9.53 Å². The maximum Gasteiger partial charge on any atom is 0.381 e. The zero-order valence-corrected chi connectivity index (χ0v) is 6.73. The average Bonchev–Trinajstić information content (AvgIpc) is 1.84. The SMILES string of the molecule is CC(C)OC(=O)C(C)[N+](=O)[O-]. The van der Waals surface area contributed by atoms with Crippen molar-refractivity contribution in [3.8, 4) is 0 Å². The maximum atomic E-state index is 10.7. The van der Waals surface area contributed by atoms with Crippen LogP contribution in [0, 0.1) is 10.1 Å². The molecule has 0 aliphatic heterocycles. The van der Waals surface area contributed by atoms with Crippen LogP contribution in [0.15, 0.2) is 0 Å². The lowest BCUT2D eigenvalue weighted by atomic mass is 10.3. The van der Waals surface area contributed by atoms with Crippen LogP contribution >= 0.6 is 0 Å². The number of esters is 1. The third-order valence-corrected chi connectivity index (χ3v) is 1.01. The fraction of sp³-hybridized carbons (Fsp3) is 0.833. The summed E-state index contributed by atoms with van der Waals surface area (Å²) >= 11 is 0. The zero-order chi connectivity index (χ0) is 9.02. The Morgan fingerprint density at radius 1 is 1.45 bits per heavy atom. The molecule has 0 rings (SSSR count). The van der Waals surface area contributed by atoms with E-state index in [4.69, 9.17) is 0 Å². The summed E-state index contributed by atoms with van der Waals surface area (Å²) < 4.78 is 4.59. The first-order chi connectivity index (χ1) is 4.95. The predicted octanol–water partition coefficient (Wildman–Crippen LogP) is 0.603. The molecule has 0 aliphatic rings. The number of nitrogens with zero attached hydrogens (tertiary/aromatic N) is 1. The molecule has 0 radical (unpaired) electrons. The Bertz CT molecular complexity index is 166. The normalized spacial score (nSPS) is 12.7. The second-order valence-corrected chi connectivity index (χ2v) is 2.45. The molecule has 0 aromatic carbocycles. The molecule has 0 saturated heterocycles. The first kappa shape index (κ1) is 9.87. The van der Waals surface area contributed by atoms with E-state index in [1.54, 1.807) is 13.8 Å². The van der Waals surface area contributed by atoms with Crippen molar-refractivity contribution in [1.29, 1.82) is 0 Å². The fourth-order valence-electron chi connectivity index (χ4n) is 0.417. The minimum absolute atomic E-state index is 0.301.